The summed E-state index contributed by atoms with van der Waals surface area (Å²) in [5, 5.41) is 5.34. The molecule has 0 aliphatic rings. The molecule has 2 amide bonds. The monoisotopic (exact) mass is 355 g/mol. The highest BCUT2D eigenvalue weighted by atomic mass is 32.2. The number of hydrogen-bond acceptors (Lipinski definition) is 4. The summed E-state index contributed by atoms with van der Waals surface area (Å²) in [5.41, 5.74) is 1.12. The minimum Gasteiger partial charge on any atom is -0.326 e. The highest BCUT2D eigenvalue weighted by molar-refractivity contribution is 7.88. The predicted molar refractivity (Wildman–Crippen MR) is 95.2 cm³/mol. The average molecular weight is 355 g/mol. The van der Waals surface area contributed by atoms with Crippen molar-refractivity contribution in [3.8, 4) is 0 Å². The molecular weight excluding hydrogens is 330 g/mol. The number of anilines is 2. The van der Waals surface area contributed by atoms with Crippen molar-refractivity contribution in [3.63, 3.8) is 0 Å². The fourth-order valence-electron chi connectivity index (χ4n) is 2.13. The van der Waals surface area contributed by atoms with Crippen LogP contribution in [0.3, 0.4) is 0 Å². The van der Waals surface area contributed by atoms with E-state index in [0.717, 1.165) is 6.26 Å². The van der Waals surface area contributed by atoms with Gasteiger partial charge in [0.1, 0.15) is 0 Å². The fraction of sp³-hybridized carbons (Fsp3) is 0.500. The van der Waals surface area contributed by atoms with Gasteiger partial charge in [0, 0.05) is 37.8 Å². The van der Waals surface area contributed by atoms with Gasteiger partial charge in [0.25, 0.3) is 0 Å². The SMILES string of the molecule is CC(=O)Nc1cccc(NC(=O)CCN(CC(C)C)S(C)(=O)=O)c1. The zero-order chi connectivity index (χ0) is 18.3. The van der Waals surface area contributed by atoms with Crippen molar-refractivity contribution in [2.75, 3.05) is 30.0 Å². The number of sulfonamides is 1. The molecule has 8 heteroatoms. The number of amides is 2. The molecule has 1 aromatic carbocycles. The minimum absolute atomic E-state index is 0.0597. The van der Waals surface area contributed by atoms with Crippen LogP contribution in [0.4, 0.5) is 11.4 Å². The normalized spacial score (nSPS) is 11.6. The lowest BCUT2D eigenvalue weighted by molar-refractivity contribution is -0.116. The molecule has 0 saturated heterocycles. The van der Waals surface area contributed by atoms with E-state index in [1.807, 2.05) is 13.8 Å². The Bertz CT molecular complexity index is 686. The smallest absolute Gasteiger partial charge is 0.225 e. The van der Waals surface area contributed by atoms with Gasteiger partial charge in [-0.3, -0.25) is 9.59 Å². The van der Waals surface area contributed by atoms with E-state index in [1.165, 1.54) is 11.2 Å². The first-order valence-electron chi connectivity index (χ1n) is 7.70. The first-order chi connectivity index (χ1) is 11.1. The van der Waals surface area contributed by atoms with Crippen molar-refractivity contribution in [2.45, 2.75) is 27.2 Å². The molecule has 2 N–H and O–H groups in total. The second kappa shape index (κ2) is 8.79. The third-order valence-corrected chi connectivity index (χ3v) is 4.36. The van der Waals surface area contributed by atoms with Crippen LogP contribution in [0.25, 0.3) is 0 Å². The lowest BCUT2D eigenvalue weighted by Crippen LogP contribution is -2.35. The Balaban J connectivity index is 2.64. The van der Waals surface area contributed by atoms with Crippen LogP contribution >= 0.6 is 0 Å². The van der Waals surface area contributed by atoms with E-state index in [0.29, 0.717) is 17.9 Å². The number of nitrogens with zero attached hydrogens (tertiary/aromatic N) is 1. The molecule has 7 nitrogen and oxygen atoms in total. The van der Waals surface area contributed by atoms with E-state index in [9.17, 15) is 18.0 Å². The van der Waals surface area contributed by atoms with E-state index >= 15 is 0 Å². The van der Waals surface area contributed by atoms with E-state index < -0.39 is 10.0 Å². The number of carbonyl (C=O) groups is 2. The molecule has 0 saturated carbocycles. The summed E-state index contributed by atoms with van der Waals surface area (Å²) in [6.45, 7) is 5.76. The Kier molecular flexibility index (Phi) is 7.37. The van der Waals surface area contributed by atoms with E-state index in [2.05, 4.69) is 10.6 Å². The summed E-state index contributed by atoms with van der Waals surface area (Å²) in [6.07, 6.45) is 1.20. The summed E-state index contributed by atoms with van der Waals surface area (Å²) < 4.78 is 24.8. The Morgan fingerprint density at radius 3 is 2.25 bits per heavy atom. The first-order valence-corrected chi connectivity index (χ1v) is 9.55. The molecule has 0 atom stereocenters. The van der Waals surface area contributed by atoms with Crippen LogP contribution in [-0.2, 0) is 19.6 Å². The van der Waals surface area contributed by atoms with Crippen molar-refractivity contribution in [2.24, 2.45) is 5.92 Å². The number of rotatable bonds is 8. The molecule has 134 valence electrons. The molecular formula is C16H25N3O4S. The molecule has 0 fully saturated rings. The molecule has 24 heavy (non-hydrogen) atoms. The topological polar surface area (TPSA) is 95.6 Å². The number of nitrogens with one attached hydrogen (secondary N) is 2. The molecule has 1 rings (SSSR count). The standard InChI is InChI=1S/C16H25N3O4S/c1-12(2)11-19(24(4,22)23)9-8-16(21)18-15-7-5-6-14(10-15)17-13(3)20/h5-7,10,12H,8-9,11H2,1-4H3,(H,17,20)(H,18,21). The highest BCUT2D eigenvalue weighted by Crippen LogP contribution is 2.15. The van der Waals surface area contributed by atoms with Gasteiger partial charge in [-0.2, -0.15) is 0 Å². The zero-order valence-corrected chi connectivity index (χ0v) is 15.3. The Labute approximate surface area is 143 Å². The molecule has 0 aromatic heterocycles. The van der Waals surface area contributed by atoms with Crippen molar-refractivity contribution >= 4 is 33.2 Å². The quantitative estimate of drug-likeness (QED) is 0.744. The maximum absolute atomic E-state index is 12.0. The third-order valence-electron chi connectivity index (χ3n) is 3.09. The second-order valence-electron chi connectivity index (χ2n) is 6.08. The molecule has 0 unspecified atom stereocenters. The second-order valence-corrected chi connectivity index (χ2v) is 8.06. The highest BCUT2D eigenvalue weighted by Gasteiger charge is 2.18. The van der Waals surface area contributed by atoms with E-state index in [-0.39, 0.29) is 30.7 Å². The van der Waals surface area contributed by atoms with Gasteiger partial charge in [-0.05, 0) is 24.1 Å². The lowest BCUT2D eigenvalue weighted by atomic mass is 10.2. The van der Waals surface area contributed by atoms with Gasteiger partial charge >= 0.3 is 0 Å². The van der Waals surface area contributed by atoms with E-state index in [4.69, 9.17) is 0 Å². The molecule has 0 radical (unpaired) electrons. The average Bonchev–Trinajstić information content (AvgIpc) is 2.41. The molecule has 0 bridgehead atoms. The van der Waals surface area contributed by atoms with Gasteiger partial charge in [0.05, 0.1) is 6.26 Å². The Hall–Kier alpha value is -1.93. The lowest BCUT2D eigenvalue weighted by Gasteiger charge is -2.21. The van der Waals surface area contributed by atoms with Crippen LogP contribution in [0.5, 0.6) is 0 Å². The van der Waals surface area contributed by atoms with Gasteiger partial charge in [0.15, 0.2) is 0 Å². The van der Waals surface area contributed by atoms with Crippen molar-refractivity contribution < 1.29 is 18.0 Å². The van der Waals surface area contributed by atoms with Crippen LogP contribution in [0, 0.1) is 5.92 Å². The minimum atomic E-state index is -3.34. The van der Waals surface area contributed by atoms with Gasteiger partial charge in [0.2, 0.25) is 21.8 Å². The molecule has 0 spiro atoms. The van der Waals surface area contributed by atoms with Crippen molar-refractivity contribution in [1.82, 2.24) is 4.31 Å². The molecule has 1 aromatic rings. The number of carbonyl (C=O) groups excluding carboxylic acids is 2. The molecule has 0 aliphatic carbocycles. The van der Waals surface area contributed by atoms with Gasteiger partial charge in [-0.15, -0.1) is 0 Å². The van der Waals surface area contributed by atoms with Crippen molar-refractivity contribution in [3.05, 3.63) is 24.3 Å². The summed E-state index contributed by atoms with van der Waals surface area (Å²) in [4.78, 5) is 23.1. The summed E-state index contributed by atoms with van der Waals surface area (Å²) in [7, 11) is -3.34. The largest absolute Gasteiger partial charge is 0.326 e. The molecule has 0 heterocycles. The third kappa shape index (κ3) is 7.56. The van der Waals surface area contributed by atoms with Crippen LogP contribution in [0.15, 0.2) is 24.3 Å². The van der Waals surface area contributed by atoms with Crippen LogP contribution < -0.4 is 10.6 Å². The fourth-order valence-corrected chi connectivity index (χ4v) is 3.12. The number of hydrogen-bond donors (Lipinski definition) is 2. The predicted octanol–water partition coefficient (Wildman–Crippen LogP) is 1.89. The van der Waals surface area contributed by atoms with Crippen LogP contribution in [0.1, 0.15) is 27.2 Å². The summed E-state index contributed by atoms with van der Waals surface area (Å²) in [5.74, 6) is -0.305. The number of benzene rings is 1. The van der Waals surface area contributed by atoms with Crippen molar-refractivity contribution in [1.29, 1.82) is 0 Å². The maximum Gasteiger partial charge on any atom is 0.225 e. The Morgan fingerprint density at radius 2 is 1.75 bits per heavy atom. The zero-order valence-electron chi connectivity index (χ0n) is 14.5. The summed E-state index contributed by atoms with van der Waals surface area (Å²) >= 11 is 0. The van der Waals surface area contributed by atoms with Gasteiger partial charge < -0.3 is 10.6 Å². The van der Waals surface area contributed by atoms with E-state index in [1.54, 1.807) is 24.3 Å². The van der Waals surface area contributed by atoms with Crippen LogP contribution in [0.2, 0.25) is 0 Å². The maximum atomic E-state index is 12.0. The van der Waals surface area contributed by atoms with Crippen LogP contribution in [-0.4, -0.2) is 43.9 Å². The Morgan fingerprint density at radius 1 is 1.17 bits per heavy atom. The summed E-state index contributed by atoms with van der Waals surface area (Å²) in [6, 6.07) is 6.76. The van der Waals surface area contributed by atoms with Gasteiger partial charge in [-0.25, -0.2) is 12.7 Å². The van der Waals surface area contributed by atoms with Gasteiger partial charge in [-0.1, -0.05) is 19.9 Å². The molecule has 0 aliphatic heterocycles. The first kappa shape index (κ1) is 20.1.